The van der Waals surface area contributed by atoms with Gasteiger partial charge in [-0.2, -0.15) is 0 Å². The van der Waals surface area contributed by atoms with Gasteiger partial charge in [-0.3, -0.25) is 0 Å². The summed E-state index contributed by atoms with van der Waals surface area (Å²) in [6, 6.07) is 7.04. The molecule has 1 unspecified atom stereocenters. The van der Waals surface area contributed by atoms with Crippen LogP contribution < -0.4 is 30.7 Å². The second kappa shape index (κ2) is 10.5. The monoisotopic (exact) mass is 514 g/mol. The highest BCUT2D eigenvalue weighted by molar-refractivity contribution is 6.31. The molecule has 0 saturated carbocycles. The molecule has 4 aliphatic heterocycles. The highest BCUT2D eigenvalue weighted by Gasteiger charge is 2.30. The van der Waals surface area contributed by atoms with Crippen LogP contribution in [0.2, 0.25) is 0 Å². The first-order chi connectivity index (χ1) is 17.5. The SMILES string of the molecule is COc1ccccc1OC(=O)N1CCC[C@H](CNC2=C(F)CNC(C3=CNC4NC=C(Cl)C=C34)=N2)C1. The molecule has 0 aliphatic carbocycles. The average molecular weight is 515 g/mol. The summed E-state index contributed by atoms with van der Waals surface area (Å²) < 4.78 is 25.5. The summed E-state index contributed by atoms with van der Waals surface area (Å²) in [4.78, 5) is 19.0. The van der Waals surface area contributed by atoms with Crippen LogP contribution >= 0.6 is 11.6 Å². The molecule has 1 aromatic rings. The van der Waals surface area contributed by atoms with E-state index >= 15 is 0 Å². The summed E-state index contributed by atoms with van der Waals surface area (Å²) >= 11 is 6.15. The number of halogens is 2. The van der Waals surface area contributed by atoms with Gasteiger partial charge in [0, 0.05) is 43.2 Å². The Balaban J connectivity index is 1.20. The second-order valence-corrected chi connectivity index (χ2v) is 9.31. The van der Waals surface area contributed by atoms with E-state index in [1.165, 1.54) is 7.11 Å². The Morgan fingerprint density at radius 3 is 2.92 bits per heavy atom. The number of nitrogens with zero attached hydrogens (tertiary/aromatic N) is 2. The number of rotatable bonds is 6. The van der Waals surface area contributed by atoms with Crippen molar-refractivity contribution in [3.05, 3.63) is 70.6 Å². The van der Waals surface area contributed by atoms with Crippen LogP contribution in [0.5, 0.6) is 11.5 Å². The van der Waals surface area contributed by atoms with Crippen LogP contribution in [0.3, 0.4) is 0 Å². The lowest BCUT2D eigenvalue weighted by molar-refractivity contribution is 0.125. The standard InChI is InChI=1S/C25H28ClFN6O3/c1-35-20-6-2-3-7-21(20)36-25(34)33-8-4-5-15(14-33)10-28-24-19(27)13-31-23(32-24)18-12-30-22-17(18)9-16(26)11-29-22/h2-3,6-7,9,11-12,15,22,28-30H,4-5,8,10,13-14H2,1H3,(H,31,32)/t15-,22?/m1/s1. The third-order valence-electron chi connectivity index (χ3n) is 6.45. The number of hydrogen-bond donors (Lipinski definition) is 4. The molecule has 4 heterocycles. The Hall–Kier alpha value is -3.66. The summed E-state index contributed by atoms with van der Waals surface area (Å²) in [7, 11) is 1.53. The van der Waals surface area contributed by atoms with E-state index < -0.39 is 6.09 Å². The molecule has 0 radical (unpaired) electrons. The van der Waals surface area contributed by atoms with Crippen molar-refractivity contribution in [3.8, 4) is 11.5 Å². The summed E-state index contributed by atoms with van der Waals surface area (Å²) in [5.74, 6) is 1.42. The van der Waals surface area contributed by atoms with Crippen LogP contribution in [-0.2, 0) is 0 Å². The quantitative estimate of drug-likeness (QED) is 0.463. The zero-order chi connectivity index (χ0) is 25.1. The van der Waals surface area contributed by atoms with Gasteiger partial charge in [-0.25, -0.2) is 14.2 Å². The van der Waals surface area contributed by atoms with Crippen LogP contribution in [0.1, 0.15) is 12.8 Å². The maximum Gasteiger partial charge on any atom is 0.415 e. The number of fused-ring (bicyclic) bond motifs is 1. The van der Waals surface area contributed by atoms with Crippen molar-refractivity contribution in [1.29, 1.82) is 0 Å². The van der Waals surface area contributed by atoms with E-state index in [2.05, 4.69) is 26.3 Å². The third-order valence-corrected chi connectivity index (χ3v) is 6.66. The van der Waals surface area contributed by atoms with Crippen molar-refractivity contribution < 1.29 is 18.7 Å². The number of aliphatic imine (C=N–C) groups is 1. The molecule has 4 N–H and O–H groups in total. The number of nitrogens with one attached hydrogen (secondary N) is 4. The number of amidine groups is 1. The number of carbonyl (C=O) groups excluding carboxylic acids is 1. The molecular weight excluding hydrogens is 487 g/mol. The summed E-state index contributed by atoms with van der Waals surface area (Å²) in [6.07, 6.45) is 6.65. The smallest absolute Gasteiger partial charge is 0.415 e. The topological polar surface area (TPSA) is 99.2 Å². The molecule has 2 atom stereocenters. The van der Waals surface area contributed by atoms with Gasteiger partial charge in [0.1, 0.15) is 12.0 Å². The summed E-state index contributed by atoms with van der Waals surface area (Å²) in [6.45, 7) is 1.63. The number of benzene rings is 1. The highest BCUT2D eigenvalue weighted by atomic mass is 35.5. The zero-order valence-electron chi connectivity index (χ0n) is 19.8. The first kappa shape index (κ1) is 24.1. The molecule has 1 saturated heterocycles. The minimum Gasteiger partial charge on any atom is -0.493 e. The van der Waals surface area contributed by atoms with Crippen molar-refractivity contribution in [2.75, 3.05) is 33.3 Å². The average Bonchev–Trinajstić information content (AvgIpc) is 3.31. The number of amides is 1. The van der Waals surface area contributed by atoms with Gasteiger partial charge in [-0.15, -0.1) is 0 Å². The highest BCUT2D eigenvalue weighted by Crippen LogP contribution is 2.29. The molecule has 0 aromatic heterocycles. The number of hydrogen-bond acceptors (Lipinski definition) is 8. The first-order valence-corrected chi connectivity index (χ1v) is 12.2. The predicted octanol–water partition coefficient (Wildman–Crippen LogP) is 3.06. The molecule has 0 bridgehead atoms. The minimum atomic E-state index is -0.422. The largest absolute Gasteiger partial charge is 0.493 e. The fraction of sp³-hybridized carbons (Fsp3) is 0.360. The third kappa shape index (κ3) is 5.13. The van der Waals surface area contributed by atoms with Crippen LogP contribution in [0.15, 0.2) is 75.6 Å². The lowest BCUT2D eigenvalue weighted by Crippen LogP contribution is -2.44. The summed E-state index contributed by atoms with van der Waals surface area (Å²) in [5.41, 5.74) is 1.76. The Morgan fingerprint density at radius 1 is 1.28 bits per heavy atom. The normalized spacial score (nSPS) is 23.1. The fourth-order valence-electron chi connectivity index (χ4n) is 4.60. The van der Waals surface area contributed by atoms with Gasteiger partial charge in [0.15, 0.2) is 23.1 Å². The minimum absolute atomic E-state index is 0.0372. The number of carbonyl (C=O) groups is 1. The lowest BCUT2D eigenvalue weighted by atomic mass is 9.98. The molecule has 0 spiro atoms. The number of allylic oxidation sites excluding steroid dienone is 2. The Morgan fingerprint density at radius 2 is 2.08 bits per heavy atom. The molecule has 1 amide bonds. The maximum atomic E-state index is 14.6. The van der Waals surface area contributed by atoms with E-state index in [-0.39, 0.29) is 30.3 Å². The van der Waals surface area contributed by atoms with Gasteiger partial charge in [0.05, 0.1) is 18.7 Å². The van der Waals surface area contributed by atoms with Crippen LogP contribution in [-0.4, -0.2) is 56.3 Å². The van der Waals surface area contributed by atoms with E-state index in [9.17, 15) is 9.18 Å². The Bertz CT molecular complexity index is 1190. The number of likely N-dealkylation sites (tertiary alicyclic amines) is 1. The van der Waals surface area contributed by atoms with Gasteiger partial charge in [-0.05, 0) is 37.0 Å². The molecule has 5 rings (SSSR count). The zero-order valence-corrected chi connectivity index (χ0v) is 20.6. The maximum absolute atomic E-state index is 14.6. The fourth-order valence-corrected chi connectivity index (χ4v) is 4.78. The molecule has 4 aliphatic rings. The Labute approximate surface area is 213 Å². The van der Waals surface area contributed by atoms with Crippen molar-refractivity contribution in [2.24, 2.45) is 10.9 Å². The number of ether oxygens (including phenoxy) is 2. The Kier molecular flexibility index (Phi) is 7.04. The summed E-state index contributed by atoms with van der Waals surface area (Å²) in [5, 5.41) is 13.2. The number of piperidine rings is 1. The number of methoxy groups -OCH3 is 1. The van der Waals surface area contributed by atoms with Gasteiger partial charge < -0.3 is 35.6 Å². The molecule has 1 aromatic carbocycles. The molecular formula is C25H28ClFN6O3. The van der Waals surface area contributed by atoms with Gasteiger partial charge in [0.2, 0.25) is 0 Å². The second-order valence-electron chi connectivity index (χ2n) is 8.87. The van der Waals surface area contributed by atoms with E-state index in [0.717, 1.165) is 24.0 Å². The van der Waals surface area contributed by atoms with Crippen LogP contribution in [0, 0.1) is 5.92 Å². The van der Waals surface area contributed by atoms with Gasteiger partial charge in [0.25, 0.3) is 0 Å². The van der Waals surface area contributed by atoms with E-state index in [1.54, 1.807) is 29.3 Å². The van der Waals surface area contributed by atoms with Gasteiger partial charge in [-0.1, -0.05) is 23.7 Å². The van der Waals surface area contributed by atoms with E-state index in [1.807, 2.05) is 18.3 Å². The van der Waals surface area contributed by atoms with Crippen LogP contribution in [0.4, 0.5) is 9.18 Å². The first-order valence-electron chi connectivity index (χ1n) is 11.9. The van der Waals surface area contributed by atoms with Crippen molar-refractivity contribution in [1.82, 2.24) is 26.2 Å². The molecule has 1 fully saturated rings. The lowest BCUT2D eigenvalue weighted by Gasteiger charge is -2.32. The van der Waals surface area contributed by atoms with Crippen molar-refractivity contribution in [2.45, 2.75) is 19.0 Å². The van der Waals surface area contributed by atoms with Crippen molar-refractivity contribution in [3.63, 3.8) is 0 Å². The van der Waals surface area contributed by atoms with E-state index in [4.69, 9.17) is 21.1 Å². The molecule has 36 heavy (non-hydrogen) atoms. The van der Waals surface area contributed by atoms with Crippen LogP contribution in [0.25, 0.3) is 0 Å². The molecule has 190 valence electrons. The van der Waals surface area contributed by atoms with E-state index in [0.29, 0.717) is 42.0 Å². The number of para-hydroxylation sites is 2. The molecule has 11 heteroatoms. The molecule has 9 nitrogen and oxygen atoms in total. The van der Waals surface area contributed by atoms with Crippen molar-refractivity contribution >= 4 is 23.5 Å². The predicted molar refractivity (Wildman–Crippen MR) is 135 cm³/mol. The number of dihydropyridines is 1. The van der Waals surface area contributed by atoms with Gasteiger partial charge >= 0.3 is 6.09 Å².